The highest BCUT2D eigenvalue weighted by molar-refractivity contribution is 8.00. The number of thioether (sulfide) groups is 1. The van der Waals surface area contributed by atoms with Crippen LogP contribution < -0.4 is 10.2 Å². The van der Waals surface area contributed by atoms with Crippen LogP contribution in [0.25, 0.3) is 0 Å². The summed E-state index contributed by atoms with van der Waals surface area (Å²) in [6.45, 7) is 1.72. The van der Waals surface area contributed by atoms with E-state index in [1.807, 2.05) is 19.1 Å². The van der Waals surface area contributed by atoms with Crippen molar-refractivity contribution in [1.82, 2.24) is 4.90 Å². The van der Waals surface area contributed by atoms with E-state index in [9.17, 15) is 14.4 Å². The maximum Gasteiger partial charge on any atom is 0.253 e. The number of rotatable bonds is 4. The van der Waals surface area contributed by atoms with Crippen molar-refractivity contribution in [2.45, 2.75) is 11.8 Å². The highest BCUT2D eigenvalue weighted by Gasteiger charge is 2.28. The SMILES string of the molecule is Cc1ccc(Cl)cc1NC(=O)CN1C(=O)CSc2ccc(C(=O)N(C)C)cc21. The van der Waals surface area contributed by atoms with Crippen LogP contribution in [0.1, 0.15) is 15.9 Å². The summed E-state index contributed by atoms with van der Waals surface area (Å²) in [5, 5.41) is 3.32. The Hall–Kier alpha value is -2.51. The predicted octanol–water partition coefficient (Wildman–Crippen LogP) is 3.43. The molecule has 0 aliphatic carbocycles. The summed E-state index contributed by atoms with van der Waals surface area (Å²) >= 11 is 7.40. The summed E-state index contributed by atoms with van der Waals surface area (Å²) in [6, 6.07) is 10.4. The first-order valence-electron chi connectivity index (χ1n) is 8.61. The fourth-order valence-electron chi connectivity index (χ4n) is 2.83. The molecule has 0 spiro atoms. The number of amides is 3. The third-order valence-electron chi connectivity index (χ3n) is 4.33. The van der Waals surface area contributed by atoms with E-state index in [0.717, 1.165) is 10.5 Å². The van der Waals surface area contributed by atoms with Gasteiger partial charge in [0.05, 0.1) is 11.4 Å². The van der Waals surface area contributed by atoms with Crippen molar-refractivity contribution < 1.29 is 14.4 Å². The maximum atomic E-state index is 12.6. The number of aryl methyl sites for hydroxylation is 1. The summed E-state index contributed by atoms with van der Waals surface area (Å²) in [7, 11) is 3.33. The molecule has 1 aliphatic heterocycles. The number of anilines is 2. The molecule has 2 aromatic rings. The van der Waals surface area contributed by atoms with Gasteiger partial charge in [0, 0.05) is 35.3 Å². The molecule has 0 unspecified atom stereocenters. The monoisotopic (exact) mass is 417 g/mol. The van der Waals surface area contributed by atoms with Gasteiger partial charge in [0.2, 0.25) is 11.8 Å². The number of halogens is 1. The lowest BCUT2D eigenvalue weighted by molar-refractivity contribution is -0.120. The molecule has 8 heteroatoms. The molecule has 1 heterocycles. The number of hydrogen-bond donors (Lipinski definition) is 1. The minimum atomic E-state index is -0.332. The number of nitrogens with zero attached hydrogens (tertiary/aromatic N) is 2. The molecule has 6 nitrogen and oxygen atoms in total. The number of fused-ring (bicyclic) bond motifs is 1. The van der Waals surface area contributed by atoms with Crippen molar-refractivity contribution in [3.63, 3.8) is 0 Å². The first-order chi connectivity index (χ1) is 13.3. The van der Waals surface area contributed by atoms with Gasteiger partial charge in [-0.25, -0.2) is 0 Å². The summed E-state index contributed by atoms with van der Waals surface area (Å²) in [5.41, 5.74) is 2.52. The van der Waals surface area contributed by atoms with Crippen molar-refractivity contribution in [3.8, 4) is 0 Å². The van der Waals surface area contributed by atoms with E-state index in [1.54, 1.807) is 38.4 Å². The van der Waals surface area contributed by atoms with Crippen LogP contribution in [0, 0.1) is 6.92 Å². The lowest BCUT2D eigenvalue weighted by atomic mass is 10.1. The largest absolute Gasteiger partial charge is 0.345 e. The molecule has 3 amide bonds. The van der Waals surface area contributed by atoms with E-state index in [4.69, 9.17) is 11.6 Å². The predicted molar refractivity (Wildman–Crippen MR) is 112 cm³/mol. The van der Waals surface area contributed by atoms with Crippen molar-refractivity contribution in [1.29, 1.82) is 0 Å². The molecule has 3 rings (SSSR count). The Morgan fingerprint density at radius 1 is 1.21 bits per heavy atom. The highest BCUT2D eigenvalue weighted by Crippen LogP contribution is 2.36. The summed E-state index contributed by atoms with van der Waals surface area (Å²) < 4.78 is 0. The minimum Gasteiger partial charge on any atom is -0.345 e. The zero-order valence-corrected chi connectivity index (χ0v) is 17.4. The average molecular weight is 418 g/mol. The molecule has 0 radical (unpaired) electrons. The smallest absolute Gasteiger partial charge is 0.253 e. The molecule has 0 saturated heterocycles. The van der Waals surface area contributed by atoms with Crippen molar-refractivity contribution in [2.75, 3.05) is 36.6 Å². The van der Waals surface area contributed by atoms with Crippen molar-refractivity contribution in [2.24, 2.45) is 0 Å². The van der Waals surface area contributed by atoms with Gasteiger partial charge < -0.3 is 15.1 Å². The summed E-state index contributed by atoms with van der Waals surface area (Å²) in [5.74, 6) is -0.423. The first-order valence-corrected chi connectivity index (χ1v) is 9.97. The number of carbonyl (C=O) groups is 3. The van der Waals surface area contributed by atoms with Crippen LogP contribution >= 0.6 is 23.4 Å². The molecule has 0 saturated carbocycles. The van der Waals surface area contributed by atoms with E-state index in [2.05, 4.69) is 5.32 Å². The second kappa shape index (κ2) is 8.24. The quantitative estimate of drug-likeness (QED) is 0.827. The van der Waals surface area contributed by atoms with Crippen molar-refractivity contribution in [3.05, 3.63) is 52.5 Å². The summed E-state index contributed by atoms with van der Waals surface area (Å²) in [4.78, 5) is 41.1. The molecule has 1 N–H and O–H groups in total. The topological polar surface area (TPSA) is 69.7 Å². The van der Waals surface area contributed by atoms with Gasteiger partial charge >= 0.3 is 0 Å². The minimum absolute atomic E-state index is 0.141. The Morgan fingerprint density at radius 3 is 2.68 bits per heavy atom. The fraction of sp³-hybridized carbons (Fsp3) is 0.250. The average Bonchev–Trinajstić information content (AvgIpc) is 2.66. The van der Waals surface area contributed by atoms with Crippen LogP contribution in [-0.4, -0.2) is 49.0 Å². The standard InChI is InChI=1S/C20H20ClN3O3S/c1-12-4-6-14(21)9-15(12)22-18(25)10-24-16-8-13(20(27)23(2)3)5-7-17(16)28-11-19(24)26/h4-9H,10-11H2,1-3H3,(H,22,25). The number of carbonyl (C=O) groups excluding carboxylic acids is 3. The Bertz CT molecular complexity index is 962. The van der Waals surface area contributed by atoms with Crippen molar-refractivity contribution >= 4 is 52.5 Å². The van der Waals surface area contributed by atoms with Gasteiger partial charge in [-0.05, 0) is 42.8 Å². The third kappa shape index (κ3) is 4.31. The molecule has 0 bridgehead atoms. The van der Waals surface area contributed by atoms with Gasteiger partial charge in [0.25, 0.3) is 5.91 Å². The first kappa shape index (κ1) is 20.2. The van der Waals surface area contributed by atoms with Crippen LogP contribution in [0.15, 0.2) is 41.3 Å². The fourth-order valence-corrected chi connectivity index (χ4v) is 3.92. The Kier molecular flexibility index (Phi) is 5.96. The van der Waals surface area contributed by atoms with E-state index in [1.165, 1.54) is 21.6 Å². The Balaban J connectivity index is 1.85. The number of benzene rings is 2. The zero-order chi connectivity index (χ0) is 20.4. The molecule has 0 fully saturated rings. The van der Waals surface area contributed by atoms with Gasteiger partial charge in [0.1, 0.15) is 6.54 Å². The van der Waals surface area contributed by atoms with Crippen LogP contribution in [0.3, 0.4) is 0 Å². The van der Waals surface area contributed by atoms with Gasteiger partial charge in [-0.2, -0.15) is 0 Å². The molecule has 0 atom stereocenters. The molecule has 1 aliphatic rings. The van der Waals surface area contributed by atoms with Crippen LogP contribution in [0.5, 0.6) is 0 Å². The van der Waals surface area contributed by atoms with Gasteiger partial charge in [-0.1, -0.05) is 17.7 Å². The van der Waals surface area contributed by atoms with Crippen LogP contribution in [0.4, 0.5) is 11.4 Å². The highest BCUT2D eigenvalue weighted by atomic mass is 35.5. The second-order valence-corrected chi connectivity index (χ2v) is 8.11. The Morgan fingerprint density at radius 2 is 1.96 bits per heavy atom. The lowest BCUT2D eigenvalue weighted by Crippen LogP contribution is -2.41. The normalized spacial score (nSPS) is 13.1. The molecular weight excluding hydrogens is 398 g/mol. The molecule has 0 aromatic heterocycles. The number of nitrogens with one attached hydrogen (secondary N) is 1. The van der Waals surface area contributed by atoms with Gasteiger partial charge in [0.15, 0.2) is 0 Å². The zero-order valence-electron chi connectivity index (χ0n) is 15.8. The van der Waals surface area contributed by atoms with Crippen LogP contribution in [-0.2, 0) is 9.59 Å². The lowest BCUT2D eigenvalue weighted by Gasteiger charge is -2.29. The van der Waals surface area contributed by atoms with Gasteiger partial charge in [-0.3, -0.25) is 14.4 Å². The van der Waals surface area contributed by atoms with E-state index in [-0.39, 0.29) is 30.0 Å². The molecular formula is C20H20ClN3O3S. The molecule has 28 heavy (non-hydrogen) atoms. The van der Waals surface area contributed by atoms with Gasteiger partial charge in [-0.15, -0.1) is 11.8 Å². The molecule has 2 aromatic carbocycles. The van der Waals surface area contributed by atoms with E-state index >= 15 is 0 Å². The van der Waals surface area contributed by atoms with Crippen LogP contribution in [0.2, 0.25) is 5.02 Å². The summed E-state index contributed by atoms with van der Waals surface area (Å²) in [6.07, 6.45) is 0. The number of hydrogen-bond acceptors (Lipinski definition) is 4. The maximum absolute atomic E-state index is 12.6. The Labute approximate surface area is 172 Å². The van der Waals surface area contributed by atoms with E-state index < -0.39 is 0 Å². The third-order valence-corrected chi connectivity index (χ3v) is 5.61. The molecule has 146 valence electrons. The second-order valence-electron chi connectivity index (χ2n) is 6.66. The van der Waals surface area contributed by atoms with E-state index in [0.29, 0.717) is 22.0 Å².